The van der Waals surface area contributed by atoms with Gasteiger partial charge in [0.2, 0.25) is 0 Å². The Balaban J connectivity index is 1.39. The summed E-state index contributed by atoms with van der Waals surface area (Å²) in [5.74, 6) is 0.753. The van der Waals surface area contributed by atoms with E-state index in [9.17, 15) is 4.79 Å². The number of fused-ring (bicyclic) bond motifs is 3. The van der Waals surface area contributed by atoms with Gasteiger partial charge in [0.1, 0.15) is 0 Å². The van der Waals surface area contributed by atoms with E-state index in [1.165, 1.54) is 29.7 Å². The summed E-state index contributed by atoms with van der Waals surface area (Å²) in [4.78, 5) is 16.7. The third-order valence-corrected chi connectivity index (χ3v) is 7.23. The predicted molar refractivity (Wildman–Crippen MR) is 115 cm³/mol. The summed E-state index contributed by atoms with van der Waals surface area (Å²) < 4.78 is 1.86. The Kier molecular flexibility index (Phi) is 5.78. The number of piperidine rings is 1. The fourth-order valence-electron chi connectivity index (χ4n) is 4.62. The molecule has 1 N–H and O–H groups in total. The van der Waals surface area contributed by atoms with Crippen LogP contribution in [0.2, 0.25) is 0 Å². The second-order valence-electron chi connectivity index (χ2n) is 8.06. The van der Waals surface area contributed by atoms with Crippen molar-refractivity contribution in [3.63, 3.8) is 0 Å². The molecule has 1 saturated heterocycles. The summed E-state index contributed by atoms with van der Waals surface area (Å²) in [5.41, 5.74) is 3.90. The SMILES string of the molecule is C[C@H]1CCC[C@H](C)N1CCCNC(=O)c1nn(C)c2c1CSc1ccccc1-2. The van der Waals surface area contributed by atoms with E-state index in [1.807, 2.05) is 17.8 Å². The standard InChI is InChI=1S/C22H30N4OS/c1-15-8-6-9-16(2)26(15)13-7-12-23-22(27)20-18-14-28-19-11-5-4-10-17(19)21(18)25(3)24-20/h4-5,10-11,15-16H,6-9,12-14H2,1-3H3,(H,23,27)/t15-,16-/m0/s1. The number of likely N-dealkylation sites (tertiary alicyclic amines) is 1. The molecule has 4 rings (SSSR count). The molecule has 3 heterocycles. The molecule has 28 heavy (non-hydrogen) atoms. The second-order valence-corrected chi connectivity index (χ2v) is 9.08. The number of carbonyl (C=O) groups excluding carboxylic acids is 1. The van der Waals surface area contributed by atoms with Crippen molar-refractivity contribution >= 4 is 17.7 Å². The van der Waals surface area contributed by atoms with E-state index in [2.05, 4.69) is 47.4 Å². The average Bonchev–Trinajstić information content (AvgIpc) is 3.04. The number of aryl methyl sites for hydroxylation is 1. The van der Waals surface area contributed by atoms with Gasteiger partial charge in [-0.1, -0.05) is 24.6 Å². The molecule has 0 aliphatic carbocycles. The van der Waals surface area contributed by atoms with E-state index in [0.29, 0.717) is 24.3 Å². The number of thioether (sulfide) groups is 1. The molecule has 6 heteroatoms. The molecule has 2 aliphatic rings. The van der Waals surface area contributed by atoms with Crippen molar-refractivity contribution < 1.29 is 4.79 Å². The fourth-order valence-corrected chi connectivity index (χ4v) is 5.69. The molecule has 150 valence electrons. The minimum Gasteiger partial charge on any atom is -0.351 e. The normalized spacial score (nSPS) is 21.8. The number of nitrogens with one attached hydrogen (secondary N) is 1. The molecule has 1 aromatic carbocycles. The van der Waals surface area contributed by atoms with Gasteiger partial charge in [0, 0.05) is 54.0 Å². The summed E-state index contributed by atoms with van der Waals surface area (Å²) in [6, 6.07) is 9.66. The van der Waals surface area contributed by atoms with Gasteiger partial charge in [0.05, 0.1) is 5.69 Å². The molecule has 2 aliphatic heterocycles. The molecule has 2 atom stereocenters. The van der Waals surface area contributed by atoms with Gasteiger partial charge in [0.25, 0.3) is 5.91 Å². The van der Waals surface area contributed by atoms with Crippen LogP contribution in [0, 0.1) is 0 Å². The largest absolute Gasteiger partial charge is 0.351 e. The Bertz CT molecular complexity index is 852. The Morgan fingerprint density at radius 2 is 2.00 bits per heavy atom. The van der Waals surface area contributed by atoms with Crippen LogP contribution in [0.4, 0.5) is 0 Å². The highest BCUT2D eigenvalue weighted by atomic mass is 32.2. The summed E-state index contributed by atoms with van der Waals surface area (Å²) in [6.45, 7) is 6.39. The Morgan fingerprint density at radius 1 is 1.25 bits per heavy atom. The first-order valence-corrected chi connectivity index (χ1v) is 11.4. The Labute approximate surface area is 171 Å². The van der Waals surface area contributed by atoms with E-state index in [1.54, 1.807) is 11.8 Å². The van der Waals surface area contributed by atoms with Crippen LogP contribution in [0.3, 0.4) is 0 Å². The number of rotatable bonds is 5. The maximum atomic E-state index is 12.8. The molecule has 5 nitrogen and oxygen atoms in total. The molecular weight excluding hydrogens is 368 g/mol. The fraction of sp³-hybridized carbons (Fsp3) is 0.545. The monoisotopic (exact) mass is 398 g/mol. The number of nitrogens with zero attached hydrogens (tertiary/aromatic N) is 3. The smallest absolute Gasteiger partial charge is 0.272 e. The number of hydrogen-bond acceptors (Lipinski definition) is 4. The van der Waals surface area contributed by atoms with Gasteiger partial charge < -0.3 is 5.32 Å². The van der Waals surface area contributed by atoms with Crippen LogP contribution < -0.4 is 5.32 Å². The van der Waals surface area contributed by atoms with Crippen LogP contribution in [0.1, 0.15) is 55.6 Å². The van der Waals surface area contributed by atoms with Gasteiger partial charge in [-0.15, -0.1) is 11.8 Å². The maximum Gasteiger partial charge on any atom is 0.272 e. The molecule has 0 bridgehead atoms. The van der Waals surface area contributed by atoms with Crippen molar-refractivity contribution in [3.8, 4) is 11.3 Å². The van der Waals surface area contributed by atoms with Crippen LogP contribution in [0.25, 0.3) is 11.3 Å². The maximum absolute atomic E-state index is 12.8. The second kappa shape index (κ2) is 8.29. The zero-order chi connectivity index (χ0) is 19.7. The zero-order valence-electron chi connectivity index (χ0n) is 17.1. The topological polar surface area (TPSA) is 50.2 Å². The molecule has 2 aromatic rings. The van der Waals surface area contributed by atoms with Gasteiger partial charge in [-0.05, 0) is 39.2 Å². The van der Waals surface area contributed by atoms with Crippen LogP contribution >= 0.6 is 11.8 Å². The van der Waals surface area contributed by atoms with Gasteiger partial charge in [-0.25, -0.2) is 0 Å². The summed E-state index contributed by atoms with van der Waals surface area (Å²) in [5, 5.41) is 7.67. The van der Waals surface area contributed by atoms with E-state index < -0.39 is 0 Å². The van der Waals surface area contributed by atoms with Crippen molar-refractivity contribution in [1.29, 1.82) is 0 Å². The van der Waals surface area contributed by atoms with Gasteiger partial charge in [0.15, 0.2) is 5.69 Å². The van der Waals surface area contributed by atoms with Gasteiger partial charge in [-0.2, -0.15) is 5.10 Å². The lowest BCUT2D eigenvalue weighted by Crippen LogP contribution is -2.44. The van der Waals surface area contributed by atoms with Crippen molar-refractivity contribution in [1.82, 2.24) is 20.0 Å². The number of aromatic nitrogens is 2. The van der Waals surface area contributed by atoms with Crippen molar-refractivity contribution in [3.05, 3.63) is 35.5 Å². The lowest BCUT2D eigenvalue weighted by molar-refractivity contribution is 0.0920. The van der Waals surface area contributed by atoms with Gasteiger partial charge >= 0.3 is 0 Å². The van der Waals surface area contributed by atoms with E-state index in [-0.39, 0.29) is 5.91 Å². The zero-order valence-corrected chi connectivity index (χ0v) is 17.9. The van der Waals surface area contributed by atoms with E-state index in [4.69, 9.17) is 0 Å². The van der Waals surface area contributed by atoms with Crippen LogP contribution in [0.15, 0.2) is 29.2 Å². The highest BCUT2D eigenvalue weighted by molar-refractivity contribution is 7.98. The highest BCUT2D eigenvalue weighted by Gasteiger charge is 2.28. The number of benzene rings is 1. The molecule has 0 unspecified atom stereocenters. The minimum absolute atomic E-state index is 0.0448. The lowest BCUT2D eigenvalue weighted by atomic mass is 9.97. The molecule has 1 aromatic heterocycles. The Hall–Kier alpha value is -1.79. The number of hydrogen-bond donors (Lipinski definition) is 1. The summed E-state index contributed by atoms with van der Waals surface area (Å²) >= 11 is 1.78. The number of carbonyl (C=O) groups is 1. The molecule has 1 fully saturated rings. The third-order valence-electron chi connectivity index (χ3n) is 6.13. The first-order chi connectivity index (χ1) is 13.6. The van der Waals surface area contributed by atoms with Crippen LogP contribution in [0.5, 0.6) is 0 Å². The summed E-state index contributed by atoms with van der Waals surface area (Å²) in [7, 11) is 1.93. The van der Waals surface area contributed by atoms with Crippen LogP contribution in [-0.2, 0) is 12.8 Å². The first kappa shape index (κ1) is 19.5. The molecule has 0 radical (unpaired) electrons. The molecule has 1 amide bonds. The highest BCUT2D eigenvalue weighted by Crippen LogP contribution is 2.42. The van der Waals surface area contributed by atoms with Crippen molar-refractivity contribution in [2.75, 3.05) is 13.1 Å². The van der Waals surface area contributed by atoms with Crippen LogP contribution in [-0.4, -0.2) is 45.8 Å². The van der Waals surface area contributed by atoms with E-state index in [0.717, 1.165) is 30.0 Å². The number of amides is 1. The van der Waals surface area contributed by atoms with Crippen molar-refractivity contribution in [2.45, 2.75) is 62.3 Å². The first-order valence-electron chi connectivity index (χ1n) is 10.4. The quantitative estimate of drug-likeness (QED) is 0.771. The van der Waals surface area contributed by atoms with Gasteiger partial charge in [-0.3, -0.25) is 14.4 Å². The summed E-state index contributed by atoms with van der Waals surface area (Å²) in [6.07, 6.45) is 4.89. The van der Waals surface area contributed by atoms with E-state index >= 15 is 0 Å². The lowest BCUT2D eigenvalue weighted by Gasteiger charge is -2.39. The predicted octanol–water partition coefficient (Wildman–Crippen LogP) is 4.08. The Morgan fingerprint density at radius 3 is 2.79 bits per heavy atom. The molecule has 0 saturated carbocycles. The molecule has 0 spiro atoms. The molecular formula is C22H30N4OS. The third kappa shape index (κ3) is 3.72. The van der Waals surface area contributed by atoms with Crippen molar-refractivity contribution in [2.24, 2.45) is 7.05 Å². The average molecular weight is 399 g/mol. The minimum atomic E-state index is -0.0448.